The second-order valence-corrected chi connectivity index (χ2v) is 4.77. The molecule has 2 rings (SSSR count). The van der Waals surface area contributed by atoms with Crippen LogP contribution in [0.2, 0.25) is 0 Å². The number of carboxylic acids is 1. The number of fused-ring (bicyclic) bond motifs is 1. The number of carbonyl (C=O) groups excluding carboxylic acids is 1. The van der Waals surface area contributed by atoms with Crippen molar-refractivity contribution >= 4 is 17.7 Å². The number of rotatable bonds is 5. The quantitative estimate of drug-likeness (QED) is 0.872. The third-order valence-corrected chi connectivity index (χ3v) is 3.22. The number of amides is 1. The molecule has 0 aliphatic rings. The zero-order valence-corrected chi connectivity index (χ0v) is 12.1. The first-order valence-corrected chi connectivity index (χ1v) is 6.65. The summed E-state index contributed by atoms with van der Waals surface area (Å²) in [5, 5.41) is 13.0. The van der Waals surface area contributed by atoms with Gasteiger partial charge in [-0.05, 0) is 26.8 Å². The highest BCUT2D eigenvalue weighted by Gasteiger charge is 2.25. The smallest absolute Gasteiger partial charge is 0.305 e. The van der Waals surface area contributed by atoms with E-state index in [4.69, 9.17) is 5.11 Å². The van der Waals surface area contributed by atoms with Crippen LogP contribution in [0.1, 0.15) is 36.6 Å². The van der Waals surface area contributed by atoms with Crippen molar-refractivity contribution < 1.29 is 14.7 Å². The fourth-order valence-electron chi connectivity index (χ4n) is 2.14. The van der Waals surface area contributed by atoms with Crippen LogP contribution in [-0.2, 0) is 4.79 Å². The van der Waals surface area contributed by atoms with E-state index in [1.54, 1.807) is 26.1 Å². The van der Waals surface area contributed by atoms with E-state index in [-0.39, 0.29) is 12.2 Å². The van der Waals surface area contributed by atoms with Gasteiger partial charge in [-0.3, -0.25) is 9.59 Å². The van der Waals surface area contributed by atoms with Gasteiger partial charge in [0.2, 0.25) is 5.82 Å². The Morgan fingerprint density at radius 2 is 2.19 bits per heavy atom. The molecule has 0 fully saturated rings. The lowest BCUT2D eigenvalue weighted by molar-refractivity contribution is -0.138. The number of carboxylic acid groups (broad SMARTS) is 1. The van der Waals surface area contributed by atoms with Crippen molar-refractivity contribution in [3.63, 3.8) is 0 Å². The first kappa shape index (κ1) is 14.9. The minimum atomic E-state index is -0.950. The predicted octanol–water partition coefficient (Wildman–Crippen LogP) is 0.758. The van der Waals surface area contributed by atoms with Gasteiger partial charge < -0.3 is 10.0 Å². The lowest BCUT2D eigenvalue weighted by Crippen LogP contribution is -2.40. The van der Waals surface area contributed by atoms with Crippen LogP contribution in [0.25, 0.3) is 5.78 Å². The first-order chi connectivity index (χ1) is 9.93. The van der Waals surface area contributed by atoms with Crippen LogP contribution in [0.5, 0.6) is 0 Å². The van der Waals surface area contributed by atoms with Gasteiger partial charge in [-0.1, -0.05) is 0 Å². The highest BCUT2D eigenvalue weighted by molar-refractivity contribution is 5.91. The van der Waals surface area contributed by atoms with Crippen LogP contribution in [0, 0.1) is 6.92 Å². The average molecular weight is 291 g/mol. The Morgan fingerprint density at radius 1 is 1.48 bits per heavy atom. The molecule has 0 saturated heterocycles. The molecule has 1 N–H and O–H groups in total. The summed E-state index contributed by atoms with van der Waals surface area (Å²) in [5.41, 5.74) is 0.813. The summed E-state index contributed by atoms with van der Waals surface area (Å²) in [6, 6.07) is 1.33. The van der Waals surface area contributed by atoms with Crippen molar-refractivity contribution in [2.75, 3.05) is 6.54 Å². The van der Waals surface area contributed by atoms with Crippen LogP contribution < -0.4 is 0 Å². The number of aliphatic carboxylic acids is 1. The van der Waals surface area contributed by atoms with Crippen molar-refractivity contribution in [2.45, 2.75) is 33.2 Å². The minimum absolute atomic E-state index is 0.0240. The van der Waals surface area contributed by atoms with Crippen molar-refractivity contribution in [2.24, 2.45) is 0 Å². The summed E-state index contributed by atoms with van der Waals surface area (Å²) in [6.45, 7) is 5.70. The molecule has 112 valence electrons. The molecular formula is C13H17N5O3. The van der Waals surface area contributed by atoms with E-state index in [0.717, 1.165) is 5.69 Å². The van der Waals surface area contributed by atoms with Gasteiger partial charge in [-0.15, -0.1) is 5.10 Å². The highest BCUT2D eigenvalue weighted by atomic mass is 16.4. The Labute approximate surface area is 121 Å². The zero-order valence-electron chi connectivity index (χ0n) is 12.1. The van der Waals surface area contributed by atoms with Crippen LogP contribution in [0.4, 0.5) is 0 Å². The molecule has 0 aliphatic carbocycles. The maximum absolute atomic E-state index is 12.4. The first-order valence-electron chi connectivity index (χ1n) is 6.65. The molecule has 0 spiro atoms. The van der Waals surface area contributed by atoms with Crippen LogP contribution in [0.3, 0.4) is 0 Å². The molecule has 0 bridgehead atoms. The Kier molecular flexibility index (Phi) is 4.15. The number of aryl methyl sites for hydroxylation is 1. The van der Waals surface area contributed by atoms with Crippen LogP contribution >= 0.6 is 0 Å². The van der Waals surface area contributed by atoms with E-state index in [0.29, 0.717) is 12.3 Å². The topological polar surface area (TPSA) is 101 Å². The summed E-state index contributed by atoms with van der Waals surface area (Å²) >= 11 is 0. The fourth-order valence-corrected chi connectivity index (χ4v) is 2.14. The second-order valence-electron chi connectivity index (χ2n) is 4.77. The third-order valence-electron chi connectivity index (χ3n) is 3.22. The van der Waals surface area contributed by atoms with Crippen molar-refractivity contribution in [1.29, 1.82) is 0 Å². The maximum Gasteiger partial charge on any atom is 0.305 e. The molecule has 1 atom stereocenters. The van der Waals surface area contributed by atoms with Crippen molar-refractivity contribution in [3.8, 4) is 0 Å². The second kappa shape index (κ2) is 5.86. The number of nitrogens with zero attached hydrogens (tertiary/aromatic N) is 5. The molecule has 0 aliphatic heterocycles. The van der Waals surface area contributed by atoms with Crippen molar-refractivity contribution in [1.82, 2.24) is 24.5 Å². The molecule has 8 heteroatoms. The molecule has 0 saturated carbocycles. The molecule has 8 nitrogen and oxygen atoms in total. The summed E-state index contributed by atoms with van der Waals surface area (Å²) in [7, 11) is 0. The van der Waals surface area contributed by atoms with Gasteiger partial charge in [0.1, 0.15) is 0 Å². The van der Waals surface area contributed by atoms with Gasteiger partial charge in [0.05, 0.1) is 6.42 Å². The molecule has 21 heavy (non-hydrogen) atoms. The molecule has 2 aromatic rings. The third kappa shape index (κ3) is 2.99. The maximum atomic E-state index is 12.4. The fraction of sp³-hybridized carbons (Fsp3) is 0.462. The number of aromatic nitrogens is 4. The largest absolute Gasteiger partial charge is 0.481 e. The van der Waals surface area contributed by atoms with E-state index in [2.05, 4.69) is 15.1 Å². The number of hydrogen-bond acceptors (Lipinski definition) is 5. The molecule has 0 aromatic carbocycles. The minimum Gasteiger partial charge on any atom is -0.481 e. The van der Waals surface area contributed by atoms with Gasteiger partial charge >= 0.3 is 5.97 Å². The Bertz CT molecular complexity index is 681. The number of carbonyl (C=O) groups is 2. The summed E-state index contributed by atoms with van der Waals surface area (Å²) in [4.78, 5) is 32.8. The molecule has 0 radical (unpaired) electrons. The Morgan fingerprint density at radius 3 is 2.76 bits per heavy atom. The van der Waals surface area contributed by atoms with Gasteiger partial charge in [0, 0.05) is 24.5 Å². The van der Waals surface area contributed by atoms with Crippen LogP contribution in [0.15, 0.2) is 12.3 Å². The van der Waals surface area contributed by atoms with Gasteiger partial charge in [0.15, 0.2) is 0 Å². The van der Waals surface area contributed by atoms with E-state index in [1.165, 1.54) is 9.42 Å². The lowest BCUT2D eigenvalue weighted by atomic mass is 10.2. The summed E-state index contributed by atoms with van der Waals surface area (Å²) in [5.74, 6) is -0.971. The molecule has 2 aromatic heterocycles. The van der Waals surface area contributed by atoms with Gasteiger partial charge in [-0.2, -0.15) is 4.98 Å². The monoisotopic (exact) mass is 291 g/mol. The summed E-state index contributed by atoms with van der Waals surface area (Å²) < 4.78 is 1.49. The highest BCUT2D eigenvalue weighted by Crippen LogP contribution is 2.10. The average Bonchev–Trinajstić information content (AvgIpc) is 2.84. The van der Waals surface area contributed by atoms with E-state index in [1.807, 2.05) is 6.92 Å². The molecule has 1 amide bonds. The standard InChI is InChI=1S/C13H17N5O3/c1-4-17(9(3)7-10(19)20)12(21)11-15-13-14-6-5-8(2)18(13)16-11/h5-6,9H,4,7H2,1-3H3,(H,19,20). The van der Waals surface area contributed by atoms with E-state index in [9.17, 15) is 9.59 Å². The van der Waals surface area contributed by atoms with E-state index >= 15 is 0 Å². The zero-order chi connectivity index (χ0) is 15.6. The molecular weight excluding hydrogens is 274 g/mol. The Balaban J connectivity index is 2.31. The predicted molar refractivity (Wildman–Crippen MR) is 73.9 cm³/mol. The summed E-state index contributed by atoms with van der Waals surface area (Å²) in [6.07, 6.45) is 1.47. The molecule has 1 unspecified atom stereocenters. The SMILES string of the molecule is CCN(C(=O)c1nc2nccc(C)n2n1)C(C)CC(=O)O. The van der Waals surface area contributed by atoms with Crippen molar-refractivity contribution in [3.05, 3.63) is 23.8 Å². The van der Waals surface area contributed by atoms with E-state index < -0.39 is 17.9 Å². The normalized spacial score (nSPS) is 12.3. The van der Waals surface area contributed by atoms with Gasteiger partial charge in [-0.25, -0.2) is 9.50 Å². The van der Waals surface area contributed by atoms with Crippen LogP contribution in [-0.4, -0.2) is 54.1 Å². The van der Waals surface area contributed by atoms with Gasteiger partial charge in [0.25, 0.3) is 11.7 Å². The number of hydrogen-bond donors (Lipinski definition) is 1. The molecule has 2 heterocycles. The lowest BCUT2D eigenvalue weighted by Gasteiger charge is -2.25. The Hall–Kier alpha value is -2.51.